The van der Waals surface area contributed by atoms with Gasteiger partial charge in [-0.3, -0.25) is 14.4 Å². The largest absolute Gasteiger partial charge is 0.466 e. The molecule has 0 bridgehead atoms. The normalized spacial score (nSPS) is 19.8. The topological polar surface area (TPSA) is 134 Å². The highest BCUT2D eigenvalue weighted by atomic mass is 31.2. The molecule has 1 saturated heterocycles. The second kappa shape index (κ2) is 19.1. The van der Waals surface area contributed by atoms with Crippen LogP contribution in [0.4, 0.5) is 5.82 Å². The van der Waals surface area contributed by atoms with E-state index in [0.717, 1.165) is 31.2 Å². The van der Waals surface area contributed by atoms with Crippen LogP contribution in [0.5, 0.6) is 0 Å². The fraction of sp³-hybridized carbons (Fsp3) is 0.767. The average Bonchev–Trinajstić information content (AvgIpc) is 3.36. The minimum Gasteiger partial charge on any atom is -0.466 e. The van der Waals surface area contributed by atoms with Gasteiger partial charge in [-0.05, 0) is 74.6 Å². The number of aromatic nitrogens is 2. The molecule has 2 heterocycles. The molecule has 1 aliphatic rings. The molecule has 1 aromatic heterocycles. The van der Waals surface area contributed by atoms with Gasteiger partial charge in [-0.25, -0.2) is 9.46 Å². The van der Waals surface area contributed by atoms with Gasteiger partial charge in [0.1, 0.15) is 17.8 Å². The van der Waals surface area contributed by atoms with Crippen molar-refractivity contribution in [2.75, 3.05) is 25.0 Å². The van der Waals surface area contributed by atoms with Gasteiger partial charge in [-0.15, -0.1) is 0 Å². The number of hydrogen-bond acceptors (Lipinski definition) is 11. The monoisotopic (exact) mass is 626 g/mol. The standard InChI is InChI=1S/C30H52N5O7P/c1-9-31-20-40-43(35(21(2)3)22(4)5)42-26-18-27(41-25(26)8)34-19-23(6)29(33-30(34)38)32-16-12-10-11-13-17-39-28(37)15-14-24(7)36/h19-22,25-27H,9-18H2,1-8H3,(H,32,33,38)/t25?,26-,27?,43?/m1/s1/i8D. The molecule has 13 heteroatoms. The molecule has 2 rings (SSSR count). The molecule has 4 atom stereocenters. The third kappa shape index (κ3) is 12.6. The van der Waals surface area contributed by atoms with Crippen molar-refractivity contribution in [1.29, 1.82) is 0 Å². The number of nitrogens with zero attached hydrogens (tertiary/aromatic N) is 4. The lowest BCUT2D eigenvalue weighted by Crippen LogP contribution is -2.35. The second-order valence-electron chi connectivity index (χ2n) is 11.2. The number of carbonyl (C=O) groups is 2. The first-order valence-corrected chi connectivity index (χ1v) is 16.4. The zero-order chi connectivity index (χ0) is 32.6. The maximum absolute atomic E-state index is 13.0. The highest BCUT2D eigenvalue weighted by molar-refractivity contribution is 7.45. The summed E-state index contributed by atoms with van der Waals surface area (Å²) in [6, 6.07) is 0.319. The lowest BCUT2D eigenvalue weighted by molar-refractivity contribution is -0.144. The van der Waals surface area contributed by atoms with Crippen molar-refractivity contribution < 1.29 is 29.5 Å². The van der Waals surface area contributed by atoms with Crippen LogP contribution < -0.4 is 11.0 Å². The Kier molecular flexibility index (Phi) is 15.6. The van der Waals surface area contributed by atoms with Crippen LogP contribution >= 0.6 is 8.53 Å². The summed E-state index contributed by atoms with van der Waals surface area (Å²) < 4.78 is 35.4. The minimum atomic E-state index is -1.51. The van der Waals surface area contributed by atoms with Crippen LogP contribution in [-0.4, -0.2) is 76.4 Å². The molecule has 43 heavy (non-hydrogen) atoms. The number of hydrogen-bond donors (Lipinski definition) is 1. The number of ether oxygens (including phenoxy) is 2. The Balaban J connectivity index is 1.92. The Morgan fingerprint density at radius 2 is 1.98 bits per heavy atom. The molecule has 0 spiro atoms. The molecular formula is C30H52N5O7P. The van der Waals surface area contributed by atoms with E-state index in [-0.39, 0.29) is 43.6 Å². The van der Waals surface area contributed by atoms with Gasteiger partial charge in [0.05, 0.1) is 25.2 Å². The van der Waals surface area contributed by atoms with Crippen molar-refractivity contribution in [2.45, 2.75) is 131 Å². The van der Waals surface area contributed by atoms with Crippen LogP contribution in [0.3, 0.4) is 0 Å². The number of carbonyl (C=O) groups excluding carboxylic acids is 2. The number of esters is 1. The highest BCUT2D eigenvalue weighted by Gasteiger charge is 2.40. The summed E-state index contributed by atoms with van der Waals surface area (Å²) >= 11 is 0. The van der Waals surface area contributed by atoms with Gasteiger partial charge in [0.15, 0.2) is 6.40 Å². The zero-order valence-corrected chi connectivity index (χ0v) is 27.8. The Labute approximate surface area is 259 Å². The van der Waals surface area contributed by atoms with Crippen LogP contribution in [0.15, 0.2) is 16.0 Å². The quantitative estimate of drug-likeness (QED) is 0.0647. The molecule has 3 unspecified atom stereocenters. The Bertz CT molecular complexity index is 1110. The molecule has 1 fully saturated rings. The van der Waals surface area contributed by atoms with Gasteiger partial charge >= 0.3 is 20.2 Å². The van der Waals surface area contributed by atoms with E-state index in [0.29, 0.717) is 31.9 Å². The Hall–Kier alpha value is -2.40. The second-order valence-corrected chi connectivity index (χ2v) is 12.6. The van der Waals surface area contributed by atoms with Crippen molar-refractivity contribution in [3.8, 4) is 0 Å². The summed E-state index contributed by atoms with van der Waals surface area (Å²) in [5.74, 6) is 0.179. The zero-order valence-electron chi connectivity index (χ0n) is 27.9. The van der Waals surface area contributed by atoms with Crippen LogP contribution in [-0.2, 0) is 28.1 Å². The first-order valence-electron chi connectivity index (χ1n) is 16.0. The first-order chi connectivity index (χ1) is 21.0. The highest BCUT2D eigenvalue weighted by Crippen LogP contribution is 2.49. The van der Waals surface area contributed by atoms with E-state index < -0.39 is 32.7 Å². The summed E-state index contributed by atoms with van der Waals surface area (Å²) in [5, 5.41) is 3.25. The van der Waals surface area contributed by atoms with E-state index >= 15 is 0 Å². The molecule has 1 aromatic rings. The molecule has 0 aromatic carbocycles. The number of ketones is 1. The van der Waals surface area contributed by atoms with E-state index in [4.69, 9.17) is 19.9 Å². The maximum Gasteiger partial charge on any atom is 0.351 e. The van der Waals surface area contributed by atoms with Crippen LogP contribution in [0.25, 0.3) is 0 Å². The summed E-state index contributed by atoms with van der Waals surface area (Å²) in [7, 11) is -1.51. The summed E-state index contributed by atoms with van der Waals surface area (Å²) in [4.78, 5) is 44.0. The van der Waals surface area contributed by atoms with Gasteiger partial charge in [-0.2, -0.15) is 4.98 Å². The van der Waals surface area contributed by atoms with E-state index in [2.05, 4.69) is 47.7 Å². The number of aryl methyl sites for hydroxylation is 1. The molecule has 1 aliphatic heterocycles. The van der Waals surface area contributed by atoms with Gasteiger partial charge in [-0.1, -0.05) is 6.42 Å². The third-order valence-electron chi connectivity index (χ3n) is 6.80. The average molecular weight is 627 g/mol. The molecule has 0 aliphatic carbocycles. The minimum absolute atomic E-state index is 0.0140. The van der Waals surface area contributed by atoms with Gasteiger partial charge in [0.25, 0.3) is 0 Å². The predicted molar refractivity (Wildman–Crippen MR) is 169 cm³/mol. The number of aliphatic imine (C=N–C) groups is 1. The number of Topliss-reactive ketones (excluding diaryl/α,β-unsaturated/α-hetero) is 1. The van der Waals surface area contributed by atoms with Gasteiger partial charge in [0.2, 0.25) is 0 Å². The van der Waals surface area contributed by atoms with Crippen LogP contribution in [0.1, 0.15) is 107 Å². The van der Waals surface area contributed by atoms with Crippen molar-refractivity contribution >= 4 is 32.5 Å². The van der Waals surface area contributed by atoms with E-state index in [1.54, 1.807) is 6.20 Å². The fourth-order valence-corrected chi connectivity index (χ4v) is 6.25. The van der Waals surface area contributed by atoms with Crippen molar-refractivity contribution in [3.05, 3.63) is 22.2 Å². The molecular weight excluding hydrogens is 573 g/mol. The van der Waals surface area contributed by atoms with Crippen molar-refractivity contribution in [2.24, 2.45) is 4.99 Å². The van der Waals surface area contributed by atoms with Crippen LogP contribution in [0.2, 0.25) is 0 Å². The lowest BCUT2D eigenvalue weighted by Gasteiger charge is -2.36. The SMILES string of the molecule is [2H]CC1OC(n2cc(C)c(NCCCCCCOC(=O)CCC(C)=O)nc2=O)C[C@H]1OP(OC=NCC)N(C(C)C)C(C)C. The number of unbranched alkanes of at least 4 members (excludes halogenated alkanes) is 3. The molecule has 1 N–H and O–H groups in total. The number of anilines is 1. The molecule has 0 amide bonds. The van der Waals surface area contributed by atoms with E-state index in [1.807, 2.05) is 13.8 Å². The third-order valence-corrected chi connectivity index (χ3v) is 8.83. The smallest absolute Gasteiger partial charge is 0.351 e. The fourth-order valence-electron chi connectivity index (χ4n) is 4.63. The van der Waals surface area contributed by atoms with Crippen molar-refractivity contribution in [3.63, 3.8) is 0 Å². The lowest BCUT2D eigenvalue weighted by atomic mass is 10.2. The summed E-state index contributed by atoms with van der Waals surface area (Å²) in [6.45, 7) is 15.2. The molecule has 0 saturated carbocycles. The van der Waals surface area contributed by atoms with Crippen LogP contribution in [0, 0.1) is 6.92 Å². The summed E-state index contributed by atoms with van der Waals surface area (Å²) in [5.41, 5.74) is 0.378. The molecule has 12 nitrogen and oxygen atoms in total. The van der Waals surface area contributed by atoms with Crippen molar-refractivity contribution in [1.82, 2.24) is 14.2 Å². The van der Waals surface area contributed by atoms with Gasteiger partial charge < -0.3 is 28.6 Å². The van der Waals surface area contributed by atoms with Gasteiger partial charge in [0, 0.05) is 51.1 Å². The van der Waals surface area contributed by atoms with E-state index in [1.165, 1.54) is 17.9 Å². The first kappa shape index (κ1) is 35.1. The molecule has 0 radical (unpaired) electrons. The summed E-state index contributed by atoms with van der Waals surface area (Å²) in [6.07, 6.45) is 5.83. The van der Waals surface area contributed by atoms with E-state index in [9.17, 15) is 14.4 Å². The predicted octanol–water partition coefficient (Wildman–Crippen LogP) is 5.54. The molecule has 244 valence electrons. The number of nitrogens with one attached hydrogen (secondary N) is 1. The Morgan fingerprint density at radius 3 is 2.63 bits per heavy atom. The Morgan fingerprint density at radius 1 is 1.26 bits per heavy atom. The maximum atomic E-state index is 13.0. The number of rotatable bonds is 20.